The van der Waals surface area contributed by atoms with Gasteiger partial charge in [0.25, 0.3) is 5.43 Å². The van der Waals surface area contributed by atoms with Crippen molar-refractivity contribution in [2.45, 2.75) is 63.5 Å². The smallest absolute Gasteiger partial charge is 0.252 e. The van der Waals surface area contributed by atoms with Gasteiger partial charge >= 0.3 is 0 Å². The van der Waals surface area contributed by atoms with Crippen LogP contribution in [-0.2, 0) is 24.9 Å². The number of allylic oxidation sites excluding steroid dienone is 1. The molecule has 1 aromatic carbocycles. The summed E-state index contributed by atoms with van der Waals surface area (Å²) in [4.78, 5) is 30.3. The number of hydrogen-bond donors (Lipinski definition) is 1. The van der Waals surface area contributed by atoms with Gasteiger partial charge in [-0.1, -0.05) is 43.2 Å². The van der Waals surface area contributed by atoms with Crippen LogP contribution in [0.15, 0.2) is 64.8 Å². The number of aromatic nitrogens is 3. The number of fused-ring (bicyclic) bond motifs is 6. The molecular formula is C29H32N4O3. The van der Waals surface area contributed by atoms with Crippen LogP contribution in [-0.4, -0.2) is 38.0 Å². The molecule has 1 aliphatic heterocycles. The van der Waals surface area contributed by atoms with Crippen LogP contribution in [0, 0.1) is 0 Å². The number of ketones is 1. The summed E-state index contributed by atoms with van der Waals surface area (Å²) < 4.78 is 3.82. The summed E-state index contributed by atoms with van der Waals surface area (Å²) in [5, 5.41) is 14.9. The van der Waals surface area contributed by atoms with Gasteiger partial charge in [-0.2, -0.15) is 5.10 Å². The highest BCUT2D eigenvalue weighted by Crippen LogP contribution is 2.38. The normalized spacial score (nSPS) is 20.1. The van der Waals surface area contributed by atoms with Gasteiger partial charge < -0.3 is 9.67 Å². The Balaban J connectivity index is 1.58. The number of benzene rings is 1. The summed E-state index contributed by atoms with van der Waals surface area (Å²) in [6.45, 7) is 0.476. The molecule has 2 aromatic heterocycles. The average Bonchev–Trinajstić information content (AvgIpc) is 3.55. The standard InChI is InChI=1S/C29H32N4O3/c1-30-24-11-8-21-14-17-32(18-21)29(15-4-5-16-29)20-33-19-26(35)28(36)27(31-33)25(34)13-10-23-7-3-2-6-22(23)9-12-24/h2-3,6-8,11,14,17-19,35H,4-5,9-10,12-13,15-16,20H2,1H3/b11-8-,30-24?. The third-order valence-electron chi connectivity index (χ3n) is 7.61. The van der Waals surface area contributed by atoms with Crippen molar-refractivity contribution in [3.8, 4) is 5.75 Å². The highest BCUT2D eigenvalue weighted by molar-refractivity contribution is 5.98. The molecule has 36 heavy (non-hydrogen) atoms. The van der Waals surface area contributed by atoms with E-state index in [0.29, 0.717) is 13.0 Å². The van der Waals surface area contributed by atoms with Gasteiger partial charge in [-0.25, -0.2) is 0 Å². The predicted octanol–water partition coefficient (Wildman–Crippen LogP) is 4.57. The van der Waals surface area contributed by atoms with Crippen molar-refractivity contribution in [3.05, 3.63) is 87.6 Å². The molecule has 1 saturated carbocycles. The molecule has 186 valence electrons. The van der Waals surface area contributed by atoms with E-state index in [1.807, 2.05) is 25.2 Å². The number of rotatable bonds is 0. The van der Waals surface area contributed by atoms with Crippen molar-refractivity contribution in [1.29, 1.82) is 0 Å². The monoisotopic (exact) mass is 484 g/mol. The Morgan fingerprint density at radius 1 is 0.944 bits per heavy atom. The molecule has 1 spiro atoms. The minimum Gasteiger partial charge on any atom is -0.503 e. The second-order valence-electron chi connectivity index (χ2n) is 9.91. The fourth-order valence-electron chi connectivity index (χ4n) is 5.56. The number of carbonyl (C=O) groups is 1. The Labute approximate surface area is 210 Å². The zero-order chi connectivity index (χ0) is 25.1. The Morgan fingerprint density at radius 2 is 1.67 bits per heavy atom. The Hall–Kier alpha value is -3.74. The van der Waals surface area contributed by atoms with Gasteiger partial charge in [0, 0.05) is 31.6 Å². The van der Waals surface area contributed by atoms with E-state index in [-0.39, 0.29) is 23.4 Å². The molecule has 0 amide bonds. The number of carbonyl (C=O) groups excluding carboxylic acids is 1. The minimum atomic E-state index is -0.698. The molecule has 0 radical (unpaired) electrons. The third-order valence-corrected chi connectivity index (χ3v) is 7.61. The van der Waals surface area contributed by atoms with Crippen molar-refractivity contribution < 1.29 is 9.90 Å². The fourth-order valence-corrected chi connectivity index (χ4v) is 5.56. The maximum atomic E-state index is 13.1. The molecule has 1 aliphatic carbocycles. The maximum absolute atomic E-state index is 13.1. The van der Waals surface area contributed by atoms with Crippen LogP contribution in [0.25, 0.3) is 6.08 Å². The molecule has 3 aromatic rings. The SMILES string of the molecule is CN=C1/C=C\c2ccn(c2)C2(CCCC2)Cn2cc(O)c(=O)c(n2)C(=O)CCc2ccccc2CC1. The summed E-state index contributed by atoms with van der Waals surface area (Å²) in [6.07, 6.45) is 16.2. The van der Waals surface area contributed by atoms with Gasteiger partial charge in [0.2, 0.25) is 0 Å². The van der Waals surface area contributed by atoms with E-state index >= 15 is 0 Å². The second-order valence-corrected chi connectivity index (χ2v) is 9.91. The Kier molecular flexibility index (Phi) is 6.72. The summed E-state index contributed by atoms with van der Waals surface area (Å²) in [5.74, 6) is -0.776. The van der Waals surface area contributed by atoms with Gasteiger partial charge in [0.05, 0.1) is 18.3 Å². The van der Waals surface area contributed by atoms with Crippen LogP contribution >= 0.6 is 0 Å². The summed E-state index contributed by atoms with van der Waals surface area (Å²) in [6, 6.07) is 10.2. The molecule has 4 bridgehead atoms. The third kappa shape index (κ3) is 4.83. The van der Waals surface area contributed by atoms with E-state index < -0.39 is 11.2 Å². The second kappa shape index (κ2) is 10.1. The number of aliphatic imine (C=N–C) groups is 1. The largest absolute Gasteiger partial charge is 0.503 e. The van der Waals surface area contributed by atoms with Gasteiger partial charge in [-0.05, 0) is 60.9 Å². The highest BCUT2D eigenvalue weighted by atomic mass is 16.3. The van der Waals surface area contributed by atoms with Crippen LogP contribution < -0.4 is 5.43 Å². The molecular weight excluding hydrogens is 452 g/mol. The predicted molar refractivity (Wildman–Crippen MR) is 141 cm³/mol. The fraction of sp³-hybridized carbons (Fsp3) is 0.379. The van der Waals surface area contributed by atoms with E-state index in [0.717, 1.165) is 60.9 Å². The molecule has 7 nitrogen and oxygen atoms in total. The first-order valence-electron chi connectivity index (χ1n) is 12.7. The van der Waals surface area contributed by atoms with E-state index in [1.165, 1.54) is 6.20 Å². The first-order chi connectivity index (χ1) is 17.5. The zero-order valence-electron chi connectivity index (χ0n) is 20.7. The van der Waals surface area contributed by atoms with Crippen LogP contribution in [0.4, 0.5) is 0 Å². The molecule has 0 atom stereocenters. The molecule has 5 rings (SSSR count). The topological polar surface area (TPSA) is 89.5 Å². The van der Waals surface area contributed by atoms with Crippen LogP contribution in [0.5, 0.6) is 5.75 Å². The van der Waals surface area contributed by atoms with E-state index in [9.17, 15) is 14.7 Å². The van der Waals surface area contributed by atoms with Crippen molar-refractivity contribution in [1.82, 2.24) is 14.3 Å². The van der Waals surface area contributed by atoms with E-state index in [4.69, 9.17) is 0 Å². The van der Waals surface area contributed by atoms with E-state index in [2.05, 4.69) is 51.3 Å². The molecule has 0 saturated heterocycles. The maximum Gasteiger partial charge on any atom is 0.252 e. The molecule has 3 heterocycles. The first kappa shape index (κ1) is 24.0. The number of Topliss-reactive ketones (excluding diaryl/α,β-unsaturated/α-hetero) is 1. The number of aromatic hydroxyl groups is 1. The molecule has 1 fully saturated rings. The number of nitrogens with zero attached hydrogens (tertiary/aromatic N) is 4. The van der Waals surface area contributed by atoms with E-state index in [1.54, 1.807) is 4.68 Å². The van der Waals surface area contributed by atoms with Gasteiger partial charge in [0.1, 0.15) is 0 Å². The Bertz CT molecular complexity index is 1390. The number of aryl methyl sites for hydroxylation is 2. The van der Waals surface area contributed by atoms with Crippen LogP contribution in [0.3, 0.4) is 0 Å². The van der Waals surface area contributed by atoms with Gasteiger partial charge in [-0.15, -0.1) is 0 Å². The molecule has 7 heteroatoms. The average molecular weight is 485 g/mol. The van der Waals surface area contributed by atoms with Crippen LogP contribution in [0.2, 0.25) is 0 Å². The number of hydrogen-bond acceptors (Lipinski definition) is 5. The first-order valence-corrected chi connectivity index (χ1v) is 12.7. The zero-order valence-corrected chi connectivity index (χ0v) is 20.7. The lowest BCUT2D eigenvalue weighted by Gasteiger charge is -2.32. The van der Waals surface area contributed by atoms with Gasteiger partial charge in [0.15, 0.2) is 17.2 Å². The molecule has 1 N–H and O–H groups in total. The summed E-state index contributed by atoms with van der Waals surface area (Å²) in [5.41, 5.74) is 3.25. The quantitative estimate of drug-likeness (QED) is 0.506. The lowest BCUT2D eigenvalue weighted by molar-refractivity contribution is 0.0972. The van der Waals surface area contributed by atoms with Crippen molar-refractivity contribution in [2.75, 3.05) is 7.05 Å². The van der Waals surface area contributed by atoms with Crippen LogP contribution in [0.1, 0.15) is 65.7 Å². The lowest BCUT2D eigenvalue weighted by atomic mass is 9.96. The Morgan fingerprint density at radius 3 is 2.39 bits per heavy atom. The van der Waals surface area contributed by atoms with Crippen molar-refractivity contribution in [3.63, 3.8) is 0 Å². The lowest BCUT2D eigenvalue weighted by Crippen LogP contribution is -2.36. The highest BCUT2D eigenvalue weighted by Gasteiger charge is 2.36. The summed E-state index contributed by atoms with van der Waals surface area (Å²) >= 11 is 0. The van der Waals surface area contributed by atoms with Crippen molar-refractivity contribution in [2.24, 2.45) is 4.99 Å². The molecule has 0 unspecified atom stereocenters. The minimum absolute atomic E-state index is 0.156. The van der Waals surface area contributed by atoms with Crippen molar-refractivity contribution >= 4 is 17.6 Å². The van der Waals surface area contributed by atoms with Gasteiger partial charge in [-0.3, -0.25) is 19.3 Å². The summed E-state index contributed by atoms with van der Waals surface area (Å²) in [7, 11) is 1.82. The molecule has 2 aliphatic rings.